The van der Waals surface area contributed by atoms with E-state index in [1.54, 1.807) is 23.9 Å². The number of thioether (sulfide) groups is 1. The van der Waals surface area contributed by atoms with Crippen LogP contribution in [-0.4, -0.2) is 41.1 Å². The Morgan fingerprint density at radius 1 is 1.10 bits per heavy atom. The van der Waals surface area contributed by atoms with E-state index in [4.69, 9.17) is 0 Å². The molecule has 1 fully saturated rings. The predicted octanol–water partition coefficient (Wildman–Crippen LogP) is 4.98. The molecule has 1 aliphatic rings. The number of unbranched alkanes of at least 4 members (excludes halogenated alkanes) is 1. The summed E-state index contributed by atoms with van der Waals surface area (Å²) in [5.41, 5.74) is 1.41. The topological polar surface area (TPSA) is 23.6 Å². The normalized spacial score (nSPS) is 16.6. The van der Waals surface area contributed by atoms with Crippen LogP contribution in [0, 0.1) is 17.5 Å². The molecule has 0 aliphatic carbocycles. The molecule has 3 nitrogen and oxygen atoms in total. The second-order valence-corrected chi connectivity index (χ2v) is 8.39. The van der Waals surface area contributed by atoms with E-state index in [-0.39, 0.29) is 23.6 Å². The first-order valence-corrected chi connectivity index (χ1v) is 10.8. The molecule has 0 spiro atoms. The molecule has 2 aromatic rings. The summed E-state index contributed by atoms with van der Waals surface area (Å²) in [6, 6.07) is 9.69. The minimum Gasteiger partial charge on any atom is -0.325 e. The van der Waals surface area contributed by atoms with Gasteiger partial charge in [-0.05, 0) is 48.4 Å². The van der Waals surface area contributed by atoms with Crippen molar-refractivity contribution in [2.24, 2.45) is 0 Å². The van der Waals surface area contributed by atoms with Crippen LogP contribution in [0.1, 0.15) is 36.3 Å². The molecule has 7 heteroatoms. The predicted molar refractivity (Wildman–Crippen MR) is 110 cm³/mol. The summed E-state index contributed by atoms with van der Waals surface area (Å²) in [7, 11) is 0. The zero-order valence-corrected chi connectivity index (χ0v) is 17.2. The largest absolute Gasteiger partial charge is 0.325 e. The molecule has 3 rings (SSSR count). The molecule has 1 amide bonds. The van der Waals surface area contributed by atoms with Crippen LogP contribution in [0.2, 0.25) is 0 Å². The van der Waals surface area contributed by atoms with Gasteiger partial charge in [-0.3, -0.25) is 9.69 Å². The third-order valence-corrected chi connectivity index (χ3v) is 6.14. The van der Waals surface area contributed by atoms with Crippen molar-refractivity contribution in [2.75, 3.05) is 25.4 Å². The number of rotatable bonds is 8. The number of carbonyl (C=O) groups excluding carboxylic acids is 1. The Labute approximate surface area is 173 Å². The van der Waals surface area contributed by atoms with Gasteiger partial charge in [0.15, 0.2) is 0 Å². The van der Waals surface area contributed by atoms with Gasteiger partial charge in [0.1, 0.15) is 22.8 Å². The Hall–Kier alpha value is -1.99. The Balaban J connectivity index is 1.70. The van der Waals surface area contributed by atoms with Gasteiger partial charge in [0.2, 0.25) is 5.91 Å². The molecular weight excluding hydrogens is 397 g/mol. The number of carbonyl (C=O) groups is 1. The van der Waals surface area contributed by atoms with E-state index >= 15 is 0 Å². The monoisotopic (exact) mass is 422 g/mol. The first-order chi connectivity index (χ1) is 14.0. The first kappa shape index (κ1) is 21.7. The number of halogens is 3. The van der Waals surface area contributed by atoms with Gasteiger partial charge in [0, 0.05) is 24.9 Å². The van der Waals surface area contributed by atoms with Crippen LogP contribution in [0.15, 0.2) is 42.5 Å². The van der Waals surface area contributed by atoms with Gasteiger partial charge in [0.05, 0.1) is 6.54 Å². The Kier molecular flexibility index (Phi) is 7.61. The van der Waals surface area contributed by atoms with Gasteiger partial charge in [0.25, 0.3) is 0 Å². The lowest BCUT2D eigenvalue weighted by atomic mass is 10.1. The van der Waals surface area contributed by atoms with Gasteiger partial charge in [-0.2, -0.15) is 0 Å². The fourth-order valence-electron chi connectivity index (χ4n) is 3.47. The summed E-state index contributed by atoms with van der Waals surface area (Å²) in [5.74, 6) is -0.749. The van der Waals surface area contributed by atoms with Gasteiger partial charge in [-0.25, -0.2) is 13.2 Å². The molecule has 1 aliphatic heterocycles. The number of hydrogen-bond donors (Lipinski definition) is 0. The smallest absolute Gasteiger partial charge is 0.237 e. The summed E-state index contributed by atoms with van der Waals surface area (Å²) in [6.45, 7) is 3.84. The summed E-state index contributed by atoms with van der Waals surface area (Å²) in [6.07, 6.45) is 1.85. The fourth-order valence-corrected chi connectivity index (χ4v) is 4.75. The van der Waals surface area contributed by atoms with E-state index in [1.807, 2.05) is 9.80 Å². The van der Waals surface area contributed by atoms with Crippen LogP contribution in [0.4, 0.5) is 13.2 Å². The Morgan fingerprint density at radius 2 is 1.79 bits per heavy atom. The van der Waals surface area contributed by atoms with Gasteiger partial charge < -0.3 is 4.90 Å². The lowest BCUT2D eigenvalue weighted by Gasteiger charge is -2.28. The van der Waals surface area contributed by atoms with Crippen LogP contribution in [0.25, 0.3) is 0 Å². The molecule has 1 saturated heterocycles. The van der Waals surface area contributed by atoms with Crippen molar-refractivity contribution in [1.82, 2.24) is 9.80 Å². The first-order valence-electron chi connectivity index (χ1n) is 9.80. The maximum atomic E-state index is 13.5. The molecule has 0 aromatic heterocycles. The molecule has 0 saturated carbocycles. The fraction of sp³-hybridized carbons (Fsp3) is 0.409. The molecular formula is C22H25F3N2OS. The molecule has 156 valence electrons. The third kappa shape index (κ3) is 6.00. The van der Waals surface area contributed by atoms with Crippen LogP contribution in [0.3, 0.4) is 0 Å². The lowest BCUT2D eigenvalue weighted by Crippen LogP contribution is -2.40. The average molecular weight is 423 g/mol. The molecule has 0 radical (unpaired) electrons. The Bertz CT molecular complexity index is 811. The highest BCUT2D eigenvalue weighted by Gasteiger charge is 2.31. The highest BCUT2D eigenvalue weighted by molar-refractivity contribution is 7.99. The van der Waals surface area contributed by atoms with Crippen LogP contribution < -0.4 is 0 Å². The van der Waals surface area contributed by atoms with E-state index in [2.05, 4.69) is 6.92 Å². The van der Waals surface area contributed by atoms with E-state index in [0.29, 0.717) is 25.2 Å². The van der Waals surface area contributed by atoms with Crippen molar-refractivity contribution in [1.29, 1.82) is 0 Å². The molecule has 1 atom stereocenters. The second-order valence-electron chi connectivity index (χ2n) is 7.20. The van der Waals surface area contributed by atoms with Crippen molar-refractivity contribution in [3.8, 4) is 0 Å². The van der Waals surface area contributed by atoms with Crippen molar-refractivity contribution >= 4 is 17.7 Å². The molecule has 0 unspecified atom stereocenters. The molecule has 0 N–H and O–H groups in total. The van der Waals surface area contributed by atoms with Crippen molar-refractivity contribution < 1.29 is 18.0 Å². The van der Waals surface area contributed by atoms with Crippen molar-refractivity contribution in [2.45, 2.75) is 31.7 Å². The van der Waals surface area contributed by atoms with E-state index in [9.17, 15) is 18.0 Å². The molecule has 1 heterocycles. The van der Waals surface area contributed by atoms with E-state index in [1.165, 1.54) is 24.3 Å². The van der Waals surface area contributed by atoms with E-state index in [0.717, 1.165) is 30.2 Å². The number of nitrogens with zero attached hydrogens (tertiary/aromatic N) is 2. The summed E-state index contributed by atoms with van der Waals surface area (Å²) in [5, 5.41) is -0.136. The number of amides is 1. The maximum absolute atomic E-state index is 13.5. The lowest BCUT2D eigenvalue weighted by molar-refractivity contribution is -0.132. The number of benzene rings is 2. The summed E-state index contributed by atoms with van der Waals surface area (Å²) < 4.78 is 40.3. The summed E-state index contributed by atoms with van der Waals surface area (Å²) >= 11 is 1.66. The SMILES string of the molecule is CCCCN(CC(=O)N1CCS[C@@H]1c1ccc(F)cc1)Cc1cc(F)cc(F)c1. The second kappa shape index (κ2) is 10.2. The highest BCUT2D eigenvalue weighted by atomic mass is 32.2. The molecule has 2 aromatic carbocycles. The summed E-state index contributed by atoms with van der Waals surface area (Å²) in [4.78, 5) is 16.8. The van der Waals surface area contributed by atoms with Crippen LogP contribution in [0.5, 0.6) is 0 Å². The third-order valence-electron chi connectivity index (χ3n) is 4.88. The van der Waals surface area contributed by atoms with Gasteiger partial charge >= 0.3 is 0 Å². The highest BCUT2D eigenvalue weighted by Crippen LogP contribution is 2.38. The van der Waals surface area contributed by atoms with E-state index < -0.39 is 11.6 Å². The zero-order valence-electron chi connectivity index (χ0n) is 16.4. The maximum Gasteiger partial charge on any atom is 0.237 e. The van der Waals surface area contributed by atoms with Crippen LogP contribution in [-0.2, 0) is 11.3 Å². The van der Waals surface area contributed by atoms with Gasteiger partial charge in [-0.15, -0.1) is 11.8 Å². The standard InChI is InChI=1S/C22H25F3N2OS/c1-2-3-8-26(14-16-11-19(24)13-20(25)12-16)15-21(28)27-9-10-29-22(27)17-4-6-18(23)7-5-17/h4-7,11-13,22H,2-3,8-10,14-15H2,1H3/t22-/m1/s1. The minimum absolute atomic E-state index is 0.0303. The molecule has 0 bridgehead atoms. The Morgan fingerprint density at radius 3 is 2.45 bits per heavy atom. The minimum atomic E-state index is -0.617. The van der Waals surface area contributed by atoms with Crippen molar-refractivity contribution in [3.05, 3.63) is 71.0 Å². The van der Waals surface area contributed by atoms with Crippen molar-refractivity contribution in [3.63, 3.8) is 0 Å². The average Bonchev–Trinajstić information content (AvgIpc) is 3.16. The van der Waals surface area contributed by atoms with Gasteiger partial charge in [-0.1, -0.05) is 25.5 Å². The number of hydrogen-bond acceptors (Lipinski definition) is 3. The molecule has 29 heavy (non-hydrogen) atoms. The quantitative estimate of drug-likeness (QED) is 0.599. The zero-order chi connectivity index (χ0) is 20.8. The van der Waals surface area contributed by atoms with Crippen LogP contribution >= 0.6 is 11.8 Å².